The zero-order chi connectivity index (χ0) is 13.9. The number of rotatable bonds is 5. The predicted molar refractivity (Wildman–Crippen MR) is 58.0 cm³/mol. The number of alkyl halides is 4. The molecule has 0 saturated heterocycles. The molecule has 1 heterocycles. The van der Waals surface area contributed by atoms with E-state index in [1.54, 1.807) is 14.1 Å². The third kappa shape index (κ3) is 3.57. The molecule has 0 aromatic carbocycles. The zero-order valence-electron chi connectivity index (χ0n) is 9.66. The van der Waals surface area contributed by atoms with Gasteiger partial charge in [0.2, 0.25) is 17.8 Å². The van der Waals surface area contributed by atoms with Crippen LogP contribution in [0.2, 0.25) is 0 Å². The van der Waals surface area contributed by atoms with Gasteiger partial charge in [-0.1, -0.05) is 0 Å². The van der Waals surface area contributed by atoms with Crippen molar-refractivity contribution in [1.82, 2.24) is 15.0 Å². The lowest BCUT2D eigenvalue weighted by Gasteiger charge is -2.16. The second kappa shape index (κ2) is 5.19. The normalized spacial score (nSPS) is 11.7. The Balaban J connectivity index is 2.79. The third-order valence-electron chi connectivity index (χ3n) is 1.84. The molecule has 0 fully saturated rings. The Morgan fingerprint density at radius 1 is 1.28 bits per heavy atom. The summed E-state index contributed by atoms with van der Waals surface area (Å²) in [4.78, 5) is 12.4. The molecule has 0 unspecified atom stereocenters. The quantitative estimate of drug-likeness (QED) is 0.770. The molecule has 0 spiro atoms. The molecule has 0 bridgehead atoms. The van der Waals surface area contributed by atoms with Gasteiger partial charge in [0.25, 0.3) is 0 Å². The van der Waals surface area contributed by atoms with Crippen LogP contribution in [-0.2, 0) is 0 Å². The van der Waals surface area contributed by atoms with Gasteiger partial charge in [0.05, 0.1) is 6.54 Å². The monoisotopic (exact) mass is 268 g/mol. The van der Waals surface area contributed by atoms with Gasteiger partial charge in [-0.05, 0) is 0 Å². The number of nitrogens with zero attached hydrogens (tertiary/aromatic N) is 4. The molecular weight excluding hydrogens is 256 g/mol. The average molecular weight is 268 g/mol. The molecule has 1 rings (SSSR count). The van der Waals surface area contributed by atoms with E-state index < -0.39 is 18.9 Å². The van der Waals surface area contributed by atoms with Crippen LogP contribution >= 0.6 is 0 Å². The molecule has 1 aromatic heterocycles. The third-order valence-corrected chi connectivity index (χ3v) is 1.84. The van der Waals surface area contributed by atoms with Crippen molar-refractivity contribution < 1.29 is 17.6 Å². The second-order valence-corrected chi connectivity index (χ2v) is 3.63. The molecule has 18 heavy (non-hydrogen) atoms. The fourth-order valence-corrected chi connectivity index (χ4v) is 0.934. The number of aromatic nitrogens is 3. The Hall–Kier alpha value is -1.87. The lowest BCUT2D eigenvalue weighted by molar-refractivity contribution is -0.117. The minimum absolute atomic E-state index is 0.130. The van der Waals surface area contributed by atoms with Gasteiger partial charge in [-0.15, -0.1) is 0 Å². The van der Waals surface area contributed by atoms with Crippen LogP contribution in [0.25, 0.3) is 0 Å². The zero-order valence-corrected chi connectivity index (χ0v) is 9.66. The van der Waals surface area contributed by atoms with Crippen LogP contribution in [-0.4, -0.2) is 47.9 Å². The molecule has 10 heteroatoms. The topological polar surface area (TPSA) is 80.0 Å². The lowest BCUT2D eigenvalue weighted by Crippen LogP contribution is -2.35. The van der Waals surface area contributed by atoms with Gasteiger partial charge in [-0.3, -0.25) is 0 Å². The number of hydrogen-bond donors (Lipinski definition) is 2. The van der Waals surface area contributed by atoms with Crippen LogP contribution < -0.4 is 16.0 Å². The van der Waals surface area contributed by atoms with Crippen LogP contribution in [0.3, 0.4) is 0 Å². The van der Waals surface area contributed by atoms with Crippen molar-refractivity contribution >= 4 is 17.8 Å². The van der Waals surface area contributed by atoms with Crippen molar-refractivity contribution in [2.24, 2.45) is 0 Å². The van der Waals surface area contributed by atoms with E-state index in [1.807, 2.05) is 5.32 Å². The summed E-state index contributed by atoms with van der Waals surface area (Å²) in [6.07, 6.45) is -3.77. The highest BCUT2D eigenvalue weighted by Crippen LogP contribution is 2.22. The van der Waals surface area contributed by atoms with Gasteiger partial charge in [0.15, 0.2) is 0 Å². The molecule has 6 nitrogen and oxygen atoms in total. The average Bonchev–Trinajstić information content (AvgIpc) is 2.25. The second-order valence-electron chi connectivity index (χ2n) is 3.63. The van der Waals surface area contributed by atoms with E-state index in [0.29, 0.717) is 0 Å². The first-order valence-corrected chi connectivity index (χ1v) is 4.81. The van der Waals surface area contributed by atoms with Crippen LogP contribution in [0.15, 0.2) is 0 Å². The maximum atomic E-state index is 12.7. The highest BCUT2D eigenvalue weighted by atomic mass is 19.3. The molecule has 0 atom stereocenters. The first-order valence-electron chi connectivity index (χ1n) is 4.81. The number of halogens is 4. The van der Waals surface area contributed by atoms with Crippen LogP contribution in [0, 0.1) is 0 Å². The highest BCUT2D eigenvalue weighted by Gasteiger charge is 2.40. The molecule has 0 aliphatic rings. The number of hydrogen-bond acceptors (Lipinski definition) is 6. The Kier molecular flexibility index (Phi) is 4.09. The molecule has 102 valence electrons. The summed E-state index contributed by atoms with van der Waals surface area (Å²) in [5, 5.41) is 2.00. The molecule has 0 radical (unpaired) electrons. The lowest BCUT2D eigenvalue weighted by atomic mass is 10.3. The van der Waals surface area contributed by atoms with Gasteiger partial charge >= 0.3 is 12.3 Å². The smallest absolute Gasteiger partial charge is 0.324 e. The molecule has 0 aliphatic heterocycles. The van der Waals surface area contributed by atoms with Crippen molar-refractivity contribution in [2.45, 2.75) is 12.3 Å². The van der Waals surface area contributed by atoms with E-state index in [2.05, 4.69) is 15.0 Å². The van der Waals surface area contributed by atoms with Gasteiger partial charge in [-0.2, -0.15) is 23.7 Å². The highest BCUT2D eigenvalue weighted by molar-refractivity contribution is 5.40. The molecule has 0 amide bonds. The molecule has 3 N–H and O–H groups in total. The summed E-state index contributed by atoms with van der Waals surface area (Å²) in [6, 6.07) is 0. The van der Waals surface area contributed by atoms with Gasteiger partial charge in [-0.25, -0.2) is 8.78 Å². The van der Waals surface area contributed by atoms with Crippen molar-refractivity contribution in [3.8, 4) is 0 Å². The molecule has 0 saturated carbocycles. The first-order chi connectivity index (χ1) is 8.22. The molecular formula is C8H12F4N6. The summed E-state index contributed by atoms with van der Waals surface area (Å²) in [5.74, 6) is -4.52. The summed E-state index contributed by atoms with van der Waals surface area (Å²) in [7, 11) is 3.21. The Labute approximate surface area is 100 Å². The van der Waals surface area contributed by atoms with Gasteiger partial charge in [0, 0.05) is 14.1 Å². The van der Waals surface area contributed by atoms with Crippen molar-refractivity contribution in [3.63, 3.8) is 0 Å². The van der Waals surface area contributed by atoms with Crippen molar-refractivity contribution in [2.75, 3.05) is 36.6 Å². The number of anilines is 3. The van der Waals surface area contributed by atoms with E-state index in [4.69, 9.17) is 5.73 Å². The predicted octanol–water partition coefficient (Wildman–Crippen LogP) is 0.832. The number of nitrogen functional groups attached to an aromatic ring is 1. The minimum Gasteiger partial charge on any atom is -0.368 e. The fraction of sp³-hybridized carbons (Fsp3) is 0.625. The van der Waals surface area contributed by atoms with Crippen molar-refractivity contribution in [1.29, 1.82) is 0 Å². The van der Waals surface area contributed by atoms with E-state index >= 15 is 0 Å². The number of nitrogens with one attached hydrogen (secondary N) is 1. The Morgan fingerprint density at radius 3 is 2.39 bits per heavy atom. The largest absolute Gasteiger partial charge is 0.368 e. The van der Waals surface area contributed by atoms with E-state index in [0.717, 1.165) is 0 Å². The maximum Gasteiger partial charge on any atom is 0.324 e. The van der Waals surface area contributed by atoms with Crippen LogP contribution in [0.5, 0.6) is 0 Å². The fourth-order valence-electron chi connectivity index (χ4n) is 0.934. The SMILES string of the molecule is CN(C)c1nc(N)nc(NCC(F)(F)C(F)F)n1. The molecule has 1 aromatic rings. The van der Waals surface area contributed by atoms with Crippen LogP contribution in [0.1, 0.15) is 0 Å². The van der Waals surface area contributed by atoms with Crippen LogP contribution in [0.4, 0.5) is 35.4 Å². The first kappa shape index (κ1) is 14.2. The summed E-state index contributed by atoms with van der Waals surface area (Å²) in [6.45, 7) is -1.29. The summed E-state index contributed by atoms with van der Waals surface area (Å²) >= 11 is 0. The standard InChI is InChI=1S/C8H12F4N6/c1-18(2)7-16-5(13)15-6(17-7)14-3-8(11,12)4(9)10/h4H,3H2,1-2H3,(H3,13,14,15,16,17). The van der Waals surface area contributed by atoms with E-state index in [1.165, 1.54) is 4.90 Å². The maximum absolute atomic E-state index is 12.7. The molecule has 0 aliphatic carbocycles. The number of nitrogens with two attached hydrogens (primary N) is 1. The van der Waals surface area contributed by atoms with E-state index in [-0.39, 0.29) is 17.8 Å². The summed E-state index contributed by atoms with van der Waals surface area (Å²) in [5.41, 5.74) is 5.33. The minimum atomic E-state index is -4.17. The van der Waals surface area contributed by atoms with Gasteiger partial charge in [0.1, 0.15) is 0 Å². The van der Waals surface area contributed by atoms with Crippen molar-refractivity contribution in [3.05, 3.63) is 0 Å². The van der Waals surface area contributed by atoms with Gasteiger partial charge < -0.3 is 16.0 Å². The van der Waals surface area contributed by atoms with E-state index in [9.17, 15) is 17.6 Å². The Morgan fingerprint density at radius 2 is 1.89 bits per heavy atom. The Bertz CT molecular complexity index is 411. The summed E-state index contributed by atoms with van der Waals surface area (Å²) < 4.78 is 49.2.